The van der Waals surface area contributed by atoms with E-state index in [9.17, 15) is 0 Å². The van der Waals surface area contributed by atoms with Gasteiger partial charge in [0.15, 0.2) is 0 Å². The molecule has 1 heterocycles. The largest absolute Gasteiger partial charge is 0.374 e. The zero-order valence-electron chi connectivity index (χ0n) is 13.0. The van der Waals surface area contributed by atoms with E-state index in [1.54, 1.807) is 0 Å². The number of nitrogens with zero attached hydrogens (tertiary/aromatic N) is 1. The van der Waals surface area contributed by atoms with Gasteiger partial charge in [-0.15, -0.1) is 0 Å². The Balaban J connectivity index is 2.09. The van der Waals surface area contributed by atoms with Crippen molar-refractivity contribution in [3.63, 3.8) is 0 Å². The van der Waals surface area contributed by atoms with Crippen molar-refractivity contribution < 1.29 is 4.74 Å². The van der Waals surface area contributed by atoms with Crippen LogP contribution in [-0.2, 0) is 4.74 Å². The Morgan fingerprint density at radius 2 is 2.05 bits per heavy atom. The minimum absolute atomic E-state index is 0.236. The van der Waals surface area contributed by atoms with Gasteiger partial charge in [0.2, 0.25) is 0 Å². The molecule has 0 bridgehead atoms. The van der Waals surface area contributed by atoms with E-state index in [0.717, 1.165) is 32.7 Å². The molecule has 0 radical (unpaired) electrons. The van der Waals surface area contributed by atoms with Crippen LogP contribution >= 0.6 is 0 Å². The van der Waals surface area contributed by atoms with Crippen molar-refractivity contribution in [1.82, 2.24) is 10.2 Å². The van der Waals surface area contributed by atoms with Gasteiger partial charge in [-0.1, -0.05) is 37.3 Å². The van der Waals surface area contributed by atoms with Crippen LogP contribution in [0.3, 0.4) is 0 Å². The van der Waals surface area contributed by atoms with Gasteiger partial charge in [-0.05, 0) is 32.4 Å². The fourth-order valence-electron chi connectivity index (χ4n) is 2.79. The van der Waals surface area contributed by atoms with Gasteiger partial charge in [0.1, 0.15) is 0 Å². The number of ether oxygens (including phenoxy) is 1. The summed E-state index contributed by atoms with van der Waals surface area (Å²) in [5, 5.41) is 3.66. The monoisotopic (exact) mass is 276 g/mol. The topological polar surface area (TPSA) is 24.5 Å². The summed E-state index contributed by atoms with van der Waals surface area (Å²) in [5.74, 6) is 0. The number of rotatable bonds is 6. The Bertz CT molecular complexity index is 380. The minimum atomic E-state index is 0.236. The smallest absolute Gasteiger partial charge is 0.0897 e. The van der Waals surface area contributed by atoms with Crippen LogP contribution < -0.4 is 5.32 Å². The first-order valence-corrected chi connectivity index (χ1v) is 7.86. The van der Waals surface area contributed by atoms with Gasteiger partial charge in [0.05, 0.1) is 18.8 Å². The summed E-state index contributed by atoms with van der Waals surface area (Å²) in [7, 11) is 0. The zero-order valence-corrected chi connectivity index (χ0v) is 13.0. The van der Waals surface area contributed by atoms with E-state index in [4.69, 9.17) is 4.74 Å². The van der Waals surface area contributed by atoms with Crippen LogP contribution in [0.15, 0.2) is 30.3 Å². The first-order valence-electron chi connectivity index (χ1n) is 7.86. The van der Waals surface area contributed by atoms with Crippen LogP contribution in [0.5, 0.6) is 0 Å². The van der Waals surface area contributed by atoms with Crippen LogP contribution in [0.2, 0.25) is 0 Å². The molecule has 1 aromatic carbocycles. The molecule has 0 aromatic heterocycles. The predicted molar refractivity (Wildman–Crippen MR) is 83.9 cm³/mol. The molecule has 3 nitrogen and oxygen atoms in total. The highest BCUT2D eigenvalue weighted by Gasteiger charge is 2.29. The Hall–Kier alpha value is -0.900. The maximum Gasteiger partial charge on any atom is 0.0897 e. The van der Waals surface area contributed by atoms with Crippen LogP contribution in [0, 0.1) is 0 Å². The second-order valence-electron chi connectivity index (χ2n) is 5.84. The summed E-state index contributed by atoms with van der Waals surface area (Å²) >= 11 is 0. The molecular formula is C17H28N2O. The second-order valence-corrected chi connectivity index (χ2v) is 5.84. The van der Waals surface area contributed by atoms with Crippen LogP contribution in [-0.4, -0.2) is 43.3 Å². The van der Waals surface area contributed by atoms with E-state index >= 15 is 0 Å². The molecule has 2 atom stereocenters. The fourth-order valence-corrected chi connectivity index (χ4v) is 2.79. The lowest BCUT2D eigenvalue weighted by Crippen LogP contribution is -2.50. The number of morpholine rings is 1. The number of nitrogens with one attached hydrogen (secondary N) is 1. The van der Waals surface area contributed by atoms with E-state index in [1.807, 2.05) is 0 Å². The molecule has 2 rings (SSSR count). The highest BCUT2D eigenvalue weighted by atomic mass is 16.5. The van der Waals surface area contributed by atoms with E-state index in [2.05, 4.69) is 61.3 Å². The maximum absolute atomic E-state index is 6.07. The SMILES string of the molecule is CCCNC(c1ccccc1)C1CN(C(C)C)CCO1. The van der Waals surface area contributed by atoms with Crippen LogP contribution in [0.1, 0.15) is 38.8 Å². The Morgan fingerprint density at radius 1 is 1.30 bits per heavy atom. The quantitative estimate of drug-likeness (QED) is 0.864. The highest BCUT2D eigenvalue weighted by molar-refractivity contribution is 5.20. The van der Waals surface area contributed by atoms with Gasteiger partial charge >= 0.3 is 0 Å². The van der Waals surface area contributed by atoms with Gasteiger partial charge < -0.3 is 10.1 Å². The molecule has 1 N–H and O–H groups in total. The van der Waals surface area contributed by atoms with Gasteiger partial charge in [-0.3, -0.25) is 4.90 Å². The van der Waals surface area contributed by atoms with Crippen LogP contribution in [0.25, 0.3) is 0 Å². The van der Waals surface area contributed by atoms with Crippen molar-refractivity contribution in [2.24, 2.45) is 0 Å². The molecule has 2 unspecified atom stereocenters. The van der Waals surface area contributed by atoms with Gasteiger partial charge in [0, 0.05) is 19.1 Å². The molecular weight excluding hydrogens is 248 g/mol. The lowest BCUT2D eigenvalue weighted by molar-refractivity contribution is -0.0560. The summed E-state index contributed by atoms with van der Waals surface area (Å²) in [5.41, 5.74) is 1.33. The molecule has 0 spiro atoms. The first-order chi connectivity index (χ1) is 9.72. The Kier molecular flexibility index (Phi) is 6.02. The molecule has 1 aliphatic rings. The third-order valence-electron chi connectivity index (χ3n) is 4.00. The minimum Gasteiger partial charge on any atom is -0.374 e. The van der Waals surface area contributed by atoms with Crippen LogP contribution in [0.4, 0.5) is 0 Å². The first kappa shape index (κ1) is 15.5. The molecule has 0 aliphatic carbocycles. The van der Waals surface area contributed by atoms with E-state index in [1.165, 1.54) is 5.56 Å². The lowest BCUT2D eigenvalue weighted by Gasteiger charge is -2.39. The highest BCUT2D eigenvalue weighted by Crippen LogP contribution is 2.23. The average Bonchev–Trinajstić information content (AvgIpc) is 2.49. The average molecular weight is 276 g/mol. The van der Waals surface area contributed by atoms with Crippen molar-refractivity contribution >= 4 is 0 Å². The van der Waals surface area contributed by atoms with Gasteiger partial charge in [0.25, 0.3) is 0 Å². The fraction of sp³-hybridized carbons (Fsp3) is 0.647. The third-order valence-corrected chi connectivity index (χ3v) is 4.00. The standard InChI is InChI=1S/C17H28N2O/c1-4-10-18-17(15-8-6-5-7-9-15)16-13-19(14(2)3)11-12-20-16/h5-9,14,16-18H,4,10-13H2,1-3H3. The van der Waals surface area contributed by atoms with E-state index < -0.39 is 0 Å². The second kappa shape index (κ2) is 7.77. The molecule has 1 fully saturated rings. The zero-order chi connectivity index (χ0) is 14.4. The van der Waals surface area contributed by atoms with Crippen molar-refractivity contribution in [2.75, 3.05) is 26.2 Å². The summed E-state index contributed by atoms with van der Waals surface area (Å²) in [6, 6.07) is 11.6. The number of benzene rings is 1. The molecule has 0 amide bonds. The molecule has 112 valence electrons. The van der Waals surface area contributed by atoms with Crippen molar-refractivity contribution in [3.8, 4) is 0 Å². The molecule has 1 saturated heterocycles. The predicted octanol–water partition coefficient (Wildman–Crippen LogP) is 2.84. The molecule has 20 heavy (non-hydrogen) atoms. The summed E-state index contributed by atoms with van der Waals surface area (Å²) in [4.78, 5) is 2.51. The summed E-state index contributed by atoms with van der Waals surface area (Å²) < 4.78 is 6.07. The van der Waals surface area contributed by atoms with Crippen molar-refractivity contribution in [1.29, 1.82) is 0 Å². The number of hydrogen-bond acceptors (Lipinski definition) is 3. The summed E-state index contributed by atoms with van der Waals surface area (Å²) in [6.45, 7) is 10.6. The number of hydrogen-bond donors (Lipinski definition) is 1. The van der Waals surface area contributed by atoms with Gasteiger partial charge in [-0.2, -0.15) is 0 Å². The van der Waals surface area contributed by atoms with E-state index in [-0.39, 0.29) is 12.1 Å². The van der Waals surface area contributed by atoms with Crippen molar-refractivity contribution in [3.05, 3.63) is 35.9 Å². The Labute approximate surface area is 123 Å². The third kappa shape index (κ3) is 4.05. The molecule has 1 aromatic rings. The van der Waals surface area contributed by atoms with Crippen molar-refractivity contribution in [2.45, 2.75) is 45.4 Å². The Morgan fingerprint density at radius 3 is 2.70 bits per heavy atom. The normalized spacial score (nSPS) is 22.1. The summed E-state index contributed by atoms with van der Waals surface area (Å²) in [6.07, 6.45) is 1.38. The van der Waals surface area contributed by atoms with Gasteiger partial charge in [-0.25, -0.2) is 0 Å². The lowest BCUT2D eigenvalue weighted by atomic mass is 9.99. The van der Waals surface area contributed by atoms with E-state index in [0.29, 0.717) is 6.04 Å². The molecule has 3 heteroatoms. The molecule has 1 aliphatic heterocycles. The maximum atomic E-state index is 6.07. The molecule has 0 saturated carbocycles.